The molecule has 0 aliphatic carbocycles. The number of esters is 2. The summed E-state index contributed by atoms with van der Waals surface area (Å²) in [7, 11) is 2.84. The third kappa shape index (κ3) is 8.89. The molecule has 0 aliphatic rings. The zero-order chi connectivity index (χ0) is 44.1. The van der Waals surface area contributed by atoms with Gasteiger partial charge in [0.2, 0.25) is 0 Å². The predicted molar refractivity (Wildman–Crippen MR) is 253 cm³/mol. The van der Waals surface area contributed by atoms with Gasteiger partial charge in [0, 0.05) is 20.6 Å². The lowest BCUT2D eigenvalue weighted by molar-refractivity contribution is 0.0597. The van der Waals surface area contributed by atoms with Crippen LogP contribution in [0, 0.1) is 48.5 Å². The van der Waals surface area contributed by atoms with Crippen LogP contribution in [-0.4, -0.2) is 31.3 Å². The van der Waals surface area contributed by atoms with E-state index in [0.717, 1.165) is 57.7 Å². The molecule has 0 radical (unpaired) electrons. The van der Waals surface area contributed by atoms with Crippen LogP contribution in [0.1, 0.15) is 134 Å². The molecule has 0 atom stereocenters. The van der Waals surface area contributed by atoms with Crippen molar-refractivity contribution in [1.29, 1.82) is 0 Å². The standard InChI is InChI=1S/C27H32O2S.C26H30O3S/c1-8-27(9-2,21-11-10-17(3)18(4)14-21)22-12-13-23(19(5)15-22)25-20(6)16-24(30-25)26(28)29-7;1-7-26(8-2,20-10-12-22(27)17(4)14-20)19-9-11-21(16(3)13-19)24-18(5)15-23(30-24)25(28)29-6/h10-16H,8-9H2,1-7H3;9-15,27H,7-8H2,1-6H3. The van der Waals surface area contributed by atoms with Gasteiger partial charge in [0.1, 0.15) is 15.5 Å². The molecule has 5 nitrogen and oxygen atoms in total. The molecule has 0 saturated heterocycles. The molecule has 1 N–H and O–H groups in total. The maximum Gasteiger partial charge on any atom is 0.348 e. The minimum absolute atomic E-state index is 0.00339. The molecular weight excluding hydrogens is 781 g/mol. The highest BCUT2D eigenvalue weighted by atomic mass is 32.1. The Hall–Kier alpha value is -4.98. The summed E-state index contributed by atoms with van der Waals surface area (Å²) in [4.78, 5) is 27.4. The number of phenolic OH excluding ortho intramolecular Hbond substituents is 1. The Morgan fingerprint density at radius 2 is 0.817 bits per heavy atom. The van der Waals surface area contributed by atoms with Gasteiger partial charge in [0.15, 0.2) is 0 Å². The Morgan fingerprint density at radius 1 is 0.467 bits per heavy atom. The second-order valence-electron chi connectivity index (χ2n) is 16.2. The van der Waals surface area contributed by atoms with E-state index in [1.54, 1.807) is 6.07 Å². The minimum Gasteiger partial charge on any atom is -0.508 e. The zero-order valence-electron chi connectivity index (χ0n) is 37.8. The van der Waals surface area contributed by atoms with Crippen molar-refractivity contribution in [2.24, 2.45) is 0 Å². The maximum atomic E-state index is 12.0. The highest BCUT2D eigenvalue weighted by Crippen LogP contribution is 2.44. The van der Waals surface area contributed by atoms with Crippen molar-refractivity contribution >= 4 is 34.6 Å². The molecule has 2 heterocycles. The fourth-order valence-electron chi connectivity index (χ4n) is 8.79. The molecule has 0 bridgehead atoms. The predicted octanol–water partition coefficient (Wildman–Crippen LogP) is 14.5. The van der Waals surface area contributed by atoms with Gasteiger partial charge in [-0.1, -0.05) is 94.4 Å². The van der Waals surface area contributed by atoms with Crippen LogP contribution in [-0.2, 0) is 20.3 Å². The summed E-state index contributed by atoms with van der Waals surface area (Å²) >= 11 is 2.99. The van der Waals surface area contributed by atoms with Crippen molar-refractivity contribution in [3.8, 4) is 26.6 Å². The summed E-state index contributed by atoms with van der Waals surface area (Å²) < 4.78 is 9.79. The molecule has 2 aromatic heterocycles. The van der Waals surface area contributed by atoms with Crippen LogP contribution in [0.25, 0.3) is 20.9 Å². The third-order valence-corrected chi connectivity index (χ3v) is 15.4. The average Bonchev–Trinajstić information content (AvgIpc) is 3.83. The van der Waals surface area contributed by atoms with E-state index in [1.807, 2.05) is 32.0 Å². The monoisotopic (exact) mass is 842 g/mol. The first-order valence-corrected chi connectivity index (χ1v) is 22.7. The van der Waals surface area contributed by atoms with Crippen LogP contribution in [0.5, 0.6) is 5.75 Å². The Morgan fingerprint density at radius 3 is 1.15 bits per heavy atom. The molecule has 316 valence electrons. The number of hydrogen-bond acceptors (Lipinski definition) is 7. The number of aromatic hydroxyl groups is 1. The summed E-state index contributed by atoms with van der Waals surface area (Å²) in [6, 6.07) is 30.2. The number of phenols is 1. The van der Waals surface area contributed by atoms with Crippen molar-refractivity contribution in [1.82, 2.24) is 0 Å². The lowest BCUT2D eigenvalue weighted by atomic mass is 9.69. The van der Waals surface area contributed by atoms with Crippen LogP contribution < -0.4 is 0 Å². The van der Waals surface area contributed by atoms with E-state index in [9.17, 15) is 14.7 Å². The third-order valence-electron chi connectivity index (χ3n) is 12.9. The van der Waals surface area contributed by atoms with E-state index >= 15 is 0 Å². The van der Waals surface area contributed by atoms with Crippen LogP contribution in [0.3, 0.4) is 0 Å². The Bertz CT molecular complexity index is 2320. The van der Waals surface area contributed by atoms with E-state index in [4.69, 9.17) is 9.47 Å². The lowest BCUT2D eigenvalue weighted by Gasteiger charge is -2.34. The SMILES string of the molecule is CCC(CC)(c1ccc(C)c(C)c1)c1ccc(-c2sc(C(=O)OC)cc2C)c(C)c1.CCC(CC)(c1ccc(O)c(C)c1)c1ccc(-c2sc(C(=O)OC)cc2C)c(C)c1. The van der Waals surface area contributed by atoms with Crippen molar-refractivity contribution < 1.29 is 24.2 Å². The fraction of sp³-hybridized carbons (Fsp3) is 0.358. The summed E-state index contributed by atoms with van der Waals surface area (Å²) in [5.41, 5.74) is 15.7. The maximum absolute atomic E-state index is 12.0. The topological polar surface area (TPSA) is 72.8 Å². The zero-order valence-corrected chi connectivity index (χ0v) is 39.4. The van der Waals surface area contributed by atoms with Crippen LogP contribution in [0.4, 0.5) is 0 Å². The van der Waals surface area contributed by atoms with E-state index in [-0.39, 0.29) is 22.8 Å². The summed E-state index contributed by atoms with van der Waals surface area (Å²) in [6.45, 7) is 23.7. The normalized spacial score (nSPS) is 11.6. The molecule has 60 heavy (non-hydrogen) atoms. The van der Waals surface area contributed by atoms with Gasteiger partial charge in [-0.25, -0.2) is 9.59 Å². The molecule has 7 heteroatoms. The second-order valence-corrected chi connectivity index (χ2v) is 18.3. The smallest absolute Gasteiger partial charge is 0.348 e. The number of benzene rings is 4. The largest absolute Gasteiger partial charge is 0.508 e. The van der Waals surface area contributed by atoms with E-state index in [1.165, 1.54) is 87.0 Å². The van der Waals surface area contributed by atoms with Crippen molar-refractivity contribution in [3.63, 3.8) is 0 Å². The molecule has 0 aliphatic heterocycles. The highest BCUT2D eigenvalue weighted by Gasteiger charge is 2.33. The first kappa shape index (κ1) is 46.1. The molecule has 0 saturated carbocycles. The second kappa shape index (κ2) is 19.2. The fourth-order valence-corrected chi connectivity index (χ4v) is 11.2. The van der Waals surface area contributed by atoms with Gasteiger partial charge in [0.25, 0.3) is 0 Å². The first-order valence-electron chi connectivity index (χ1n) is 21.0. The Kier molecular flexibility index (Phi) is 14.7. The van der Waals surface area contributed by atoms with Gasteiger partial charge in [0.05, 0.1) is 14.2 Å². The molecular formula is C53H62O5S2. The van der Waals surface area contributed by atoms with Gasteiger partial charge in [-0.2, -0.15) is 0 Å². The molecule has 0 amide bonds. The van der Waals surface area contributed by atoms with Crippen LogP contribution in [0.2, 0.25) is 0 Å². The first-order chi connectivity index (χ1) is 28.5. The van der Waals surface area contributed by atoms with E-state index in [2.05, 4.69) is 123 Å². The van der Waals surface area contributed by atoms with Gasteiger partial charge in [-0.05, 0) is 165 Å². The molecule has 6 aromatic rings. The summed E-state index contributed by atoms with van der Waals surface area (Å²) in [6.07, 6.45) is 4.04. The van der Waals surface area contributed by atoms with Gasteiger partial charge in [-0.15, -0.1) is 22.7 Å². The van der Waals surface area contributed by atoms with Crippen molar-refractivity contribution in [2.45, 2.75) is 113 Å². The quantitative estimate of drug-likeness (QED) is 0.124. The minimum atomic E-state index is -0.290. The number of hydrogen-bond donors (Lipinski definition) is 1. The highest BCUT2D eigenvalue weighted by molar-refractivity contribution is 7.18. The number of rotatable bonds is 12. The van der Waals surface area contributed by atoms with Gasteiger partial charge >= 0.3 is 11.9 Å². The van der Waals surface area contributed by atoms with Gasteiger partial charge < -0.3 is 14.6 Å². The lowest BCUT2D eigenvalue weighted by Crippen LogP contribution is -2.26. The number of carbonyl (C=O) groups is 2. The number of methoxy groups -OCH3 is 2. The summed E-state index contributed by atoms with van der Waals surface area (Å²) in [5.74, 6) is -0.224. The van der Waals surface area contributed by atoms with Crippen LogP contribution in [0.15, 0.2) is 84.9 Å². The van der Waals surface area contributed by atoms with E-state index in [0.29, 0.717) is 15.5 Å². The Balaban J connectivity index is 0.000000228. The van der Waals surface area contributed by atoms with Crippen molar-refractivity contribution in [3.05, 3.63) is 156 Å². The molecule has 6 rings (SSSR count). The number of ether oxygens (including phenoxy) is 2. The molecule has 4 aromatic carbocycles. The molecule has 0 spiro atoms. The number of carbonyl (C=O) groups excluding carboxylic acids is 2. The number of aryl methyl sites for hydroxylation is 7. The molecule has 0 unspecified atom stereocenters. The molecule has 0 fully saturated rings. The van der Waals surface area contributed by atoms with Gasteiger partial charge in [-0.3, -0.25) is 0 Å². The van der Waals surface area contributed by atoms with Crippen molar-refractivity contribution in [2.75, 3.05) is 14.2 Å². The van der Waals surface area contributed by atoms with E-state index < -0.39 is 0 Å². The van der Waals surface area contributed by atoms with Crippen LogP contribution >= 0.6 is 22.7 Å². The average molecular weight is 843 g/mol. The Labute approximate surface area is 366 Å². The number of thiophene rings is 2. The summed E-state index contributed by atoms with van der Waals surface area (Å²) in [5, 5.41) is 9.99.